The molecule has 96 valence electrons. The summed E-state index contributed by atoms with van der Waals surface area (Å²) in [5, 5.41) is 17.3. The third-order valence-corrected chi connectivity index (χ3v) is 2.10. The van der Waals surface area contributed by atoms with Gasteiger partial charge in [0, 0.05) is 5.56 Å². The van der Waals surface area contributed by atoms with Crippen molar-refractivity contribution in [2.24, 2.45) is 0 Å². The number of hydrogen-bond acceptors (Lipinski definition) is 3. The van der Waals surface area contributed by atoms with Gasteiger partial charge in [-0.2, -0.15) is 5.26 Å². The number of nitriles is 1. The molecule has 0 aromatic heterocycles. The van der Waals surface area contributed by atoms with Crippen LogP contribution < -0.4 is 4.74 Å². The normalized spacial score (nSPS) is 10.8. The number of carboxylic acid groups (broad SMARTS) is 1. The van der Waals surface area contributed by atoms with Crippen LogP contribution in [0.2, 0.25) is 0 Å². The molecule has 7 heteroatoms. The van der Waals surface area contributed by atoms with Gasteiger partial charge in [0.05, 0.1) is 18.1 Å². The smallest absolute Gasteiger partial charge is 0.481 e. The molecule has 18 heavy (non-hydrogen) atoms. The highest BCUT2D eigenvalue weighted by Gasteiger charge is 2.32. The van der Waals surface area contributed by atoms with E-state index in [1.165, 1.54) is 6.92 Å². The van der Waals surface area contributed by atoms with Crippen LogP contribution in [-0.4, -0.2) is 17.4 Å². The number of carboxylic acids is 1. The summed E-state index contributed by atoms with van der Waals surface area (Å²) in [6.45, 7) is 1.44. The van der Waals surface area contributed by atoms with Crippen molar-refractivity contribution in [2.75, 3.05) is 0 Å². The highest BCUT2D eigenvalue weighted by atomic mass is 19.4. The Kier molecular flexibility index (Phi) is 3.81. The number of ether oxygens (including phenoxy) is 1. The van der Waals surface area contributed by atoms with E-state index >= 15 is 0 Å². The van der Waals surface area contributed by atoms with Gasteiger partial charge in [-0.25, -0.2) is 0 Å². The van der Waals surface area contributed by atoms with E-state index in [4.69, 9.17) is 10.4 Å². The minimum Gasteiger partial charge on any atom is -0.481 e. The summed E-state index contributed by atoms with van der Waals surface area (Å²) in [7, 11) is 0. The number of hydrogen-bond donors (Lipinski definition) is 1. The van der Waals surface area contributed by atoms with E-state index in [1.807, 2.05) is 0 Å². The maximum Gasteiger partial charge on any atom is 0.573 e. The number of aryl methyl sites for hydroxylation is 1. The molecular formula is C11H8F3NO3. The molecule has 0 bridgehead atoms. The lowest BCUT2D eigenvalue weighted by Crippen LogP contribution is -2.19. The van der Waals surface area contributed by atoms with E-state index in [1.54, 1.807) is 6.07 Å². The van der Waals surface area contributed by atoms with Crippen molar-refractivity contribution >= 4 is 5.97 Å². The second kappa shape index (κ2) is 4.96. The minimum atomic E-state index is -4.91. The van der Waals surface area contributed by atoms with Crippen molar-refractivity contribution < 1.29 is 27.8 Å². The fraction of sp³-hybridized carbons (Fsp3) is 0.273. The third-order valence-electron chi connectivity index (χ3n) is 2.10. The van der Waals surface area contributed by atoms with E-state index in [9.17, 15) is 18.0 Å². The topological polar surface area (TPSA) is 70.3 Å². The van der Waals surface area contributed by atoms with Gasteiger partial charge >= 0.3 is 12.3 Å². The van der Waals surface area contributed by atoms with E-state index in [0.717, 1.165) is 12.1 Å². The number of halogens is 3. The molecule has 4 nitrogen and oxygen atoms in total. The summed E-state index contributed by atoms with van der Waals surface area (Å²) in [5.74, 6) is -1.91. The van der Waals surface area contributed by atoms with Crippen molar-refractivity contribution in [1.29, 1.82) is 5.26 Å². The van der Waals surface area contributed by atoms with Crippen LogP contribution in [-0.2, 0) is 11.2 Å². The molecule has 0 aliphatic carbocycles. The maximum atomic E-state index is 12.1. The zero-order valence-electron chi connectivity index (χ0n) is 9.21. The van der Waals surface area contributed by atoms with Crippen LogP contribution in [0.3, 0.4) is 0 Å². The minimum absolute atomic E-state index is 0.112. The molecule has 0 radical (unpaired) electrons. The Morgan fingerprint density at radius 3 is 2.56 bits per heavy atom. The lowest BCUT2D eigenvalue weighted by molar-refractivity contribution is -0.274. The number of benzene rings is 1. The average Bonchev–Trinajstić information content (AvgIpc) is 2.19. The molecule has 0 atom stereocenters. The Labute approximate surface area is 100 Å². The molecule has 0 spiro atoms. The number of alkyl halides is 3. The van der Waals surface area contributed by atoms with Gasteiger partial charge in [-0.15, -0.1) is 13.2 Å². The Morgan fingerprint density at radius 1 is 1.50 bits per heavy atom. The van der Waals surface area contributed by atoms with Crippen LogP contribution in [0, 0.1) is 18.3 Å². The second-order valence-electron chi connectivity index (χ2n) is 3.50. The molecule has 0 fully saturated rings. The number of aliphatic carboxylic acids is 1. The predicted molar refractivity (Wildman–Crippen MR) is 53.9 cm³/mol. The summed E-state index contributed by atoms with van der Waals surface area (Å²) in [6, 6.07) is 3.86. The summed E-state index contributed by atoms with van der Waals surface area (Å²) >= 11 is 0. The van der Waals surface area contributed by atoms with Gasteiger partial charge < -0.3 is 9.84 Å². The van der Waals surface area contributed by atoms with Crippen molar-refractivity contribution in [1.82, 2.24) is 0 Å². The molecule has 0 amide bonds. The lowest BCUT2D eigenvalue weighted by Gasteiger charge is -2.13. The van der Waals surface area contributed by atoms with Crippen LogP contribution in [0.4, 0.5) is 13.2 Å². The van der Waals surface area contributed by atoms with E-state index in [0.29, 0.717) is 0 Å². The number of nitrogens with zero attached hydrogens (tertiary/aromatic N) is 1. The summed E-state index contributed by atoms with van der Waals surface area (Å²) < 4.78 is 40.2. The van der Waals surface area contributed by atoms with Crippen LogP contribution >= 0.6 is 0 Å². The molecule has 1 aromatic rings. The zero-order chi connectivity index (χ0) is 13.9. The van der Waals surface area contributed by atoms with Gasteiger partial charge in [0.15, 0.2) is 0 Å². The number of carbonyl (C=O) groups is 1. The van der Waals surface area contributed by atoms with Crippen molar-refractivity contribution in [2.45, 2.75) is 19.7 Å². The van der Waals surface area contributed by atoms with Gasteiger partial charge in [-0.1, -0.05) is 0 Å². The molecular weight excluding hydrogens is 251 g/mol. The highest BCUT2D eigenvalue weighted by molar-refractivity contribution is 5.72. The number of rotatable bonds is 3. The van der Waals surface area contributed by atoms with Crippen molar-refractivity contribution in [3.05, 3.63) is 28.8 Å². The van der Waals surface area contributed by atoms with Crippen LogP contribution in [0.25, 0.3) is 0 Å². The summed E-state index contributed by atoms with van der Waals surface area (Å²) in [5.41, 5.74) is 0.202. The summed E-state index contributed by atoms with van der Waals surface area (Å²) in [6.07, 6.45) is -5.56. The Hall–Kier alpha value is -2.23. The zero-order valence-corrected chi connectivity index (χ0v) is 9.21. The maximum absolute atomic E-state index is 12.1. The first kappa shape index (κ1) is 13.8. The quantitative estimate of drug-likeness (QED) is 0.904. The van der Waals surface area contributed by atoms with E-state index < -0.39 is 24.5 Å². The standard InChI is InChI=1S/C11H8F3NO3/c1-6-2-9(18-11(12,13)14)7(4-10(16)17)3-8(6)5-15/h2-3H,4H2,1H3,(H,16,17). The lowest BCUT2D eigenvalue weighted by atomic mass is 10.0. The molecule has 0 aliphatic heterocycles. The van der Waals surface area contributed by atoms with Gasteiger partial charge in [-0.3, -0.25) is 4.79 Å². The first-order valence-electron chi connectivity index (χ1n) is 4.74. The molecule has 0 unspecified atom stereocenters. The molecule has 1 rings (SSSR count). The Balaban J connectivity index is 3.26. The van der Waals surface area contributed by atoms with Crippen molar-refractivity contribution in [3.63, 3.8) is 0 Å². The predicted octanol–water partition coefficient (Wildman–Crippen LogP) is 2.39. The van der Waals surface area contributed by atoms with Gasteiger partial charge in [0.1, 0.15) is 5.75 Å². The molecule has 0 aliphatic rings. The van der Waals surface area contributed by atoms with Gasteiger partial charge in [-0.05, 0) is 24.6 Å². The Morgan fingerprint density at radius 2 is 2.11 bits per heavy atom. The first-order chi connectivity index (χ1) is 8.23. The van der Waals surface area contributed by atoms with Gasteiger partial charge in [0.2, 0.25) is 0 Å². The fourth-order valence-electron chi connectivity index (χ4n) is 1.37. The molecule has 1 aromatic carbocycles. The van der Waals surface area contributed by atoms with Gasteiger partial charge in [0.25, 0.3) is 0 Å². The largest absolute Gasteiger partial charge is 0.573 e. The van der Waals surface area contributed by atoms with Crippen LogP contribution in [0.1, 0.15) is 16.7 Å². The molecule has 0 heterocycles. The third kappa shape index (κ3) is 3.66. The molecule has 0 saturated carbocycles. The summed E-state index contributed by atoms with van der Waals surface area (Å²) in [4.78, 5) is 10.6. The average molecular weight is 259 g/mol. The fourth-order valence-corrected chi connectivity index (χ4v) is 1.37. The molecule has 0 saturated heterocycles. The van der Waals surface area contributed by atoms with E-state index in [2.05, 4.69) is 4.74 Å². The molecule has 1 N–H and O–H groups in total. The van der Waals surface area contributed by atoms with E-state index in [-0.39, 0.29) is 16.7 Å². The first-order valence-corrected chi connectivity index (χ1v) is 4.74. The monoisotopic (exact) mass is 259 g/mol. The second-order valence-corrected chi connectivity index (χ2v) is 3.50. The van der Waals surface area contributed by atoms with Crippen LogP contribution in [0.5, 0.6) is 5.75 Å². The van der Waals surface area contributed by atoms with Crippen molar-refractivity contribution in [3.8, 4) is 11.8 Å². The SMILES string of the molecule is Cc1cc(OC(F)(F)F)c(CC(=O)O)cc1C#N. The Bertz CT molecular complexity index is 517. The highest BCUT2D eigenvalue weighted by Crippen LogP contribution is 2.29. The van der Waals surface area contributed by atoms with Crippen LogP contribution in [0.15, 0.2) is 12.1 Å².